The summed E-state index contributed by atoms with van der Waals surface area (Å²) in [6.07, 6.45) is 2.43. The molecule has 6 nitrogen and oxygen atoms in total. The molecular formula is C23H28N2O4. The molecule has 6 heteroatoms. The molecule has 0 heterocycles. The third-order valence-corrected chi connectivity index (χ3v) is 5.16. The highest BCUT2D eigenvalue weighted by molar-refractivity contribution is 5.97. The van der Waals surface area contributed by atoms with Crippen molar-refractivity contribution < 1.29 is 19.4 Å². The Kier molecular flexibility index (Phi) is 6.88. The summed E-state index contributed by atoms with van der Waals surface area (Å²) < 4.78 is 6.10. The van der Waals surface area contributed by atoms with Gasteiger partial charge in [-0.3, -0.25) is 9.59 Å². The van der Waals surface area contributed by atoms with Crippen molar-refractivity contribution in [1.82, 2.24) is 5.32 Å². The number of hydrogen-bond acceptors (Lipinski definition) is 4. The van der Waals surface area contributed by atoms with Gasteiger partial charge in [0.25, 0.3) is 5.91 Å². The fourth-order valence-corrected chi connectivity index (χ4v) is 3.53. The molecule has 29 heavy (non-hydrogen) atoms. The normalized spacial score (nSPS) is 19.8. The minimum Gasteiger partial charge on any atom is -0.484 e. The van der Waals surface area contributed by atoms with Crippen LogP contribution in [0, 0.1) is 0 Å². The molecule has 1 aliphatic rings. The van der Waals surface area contributed by atoms with Gasteiger partial charge in [-0.1, -0.05) is 30.3 Å². The number of aliphatic hydroxyl groups excluding tert-OH is 1. The zero-order valence-corrected chi connectivity index (χ0v) is 16.9. The van der Waals surface area contributed by atoms with Crippen LogP contribution < -0.4 is 15.4 Å². The Morgan fingerprint density at radius 3 is 2.41 bits per heavy atom. The molecule has 0 aliphatic heterocycles. The molecule has 0 spiro atoms. The van der Waals surface area contributed by atoms with E-state index >= 15 is 0 Å². The molecule has 0 radical (unpaired) electrons. The monoisotopic (exact) mass is 396 g/mol. The first-order valence-corrected chi connectivity index (χ1v) is 10.0. The molecule has 1 atom stereocenters. The molecule has 2 aromatic rings. The van der Waals surface area contributed by atoms with Crippen molar-refractivity contribution in [2.45, 2.75) is 57.8 Å². The highest BCUT2D eigenvalue weighted by Gasteiger charge is 2.22. The SMILES string of the molecule is CC(=O)Nc1ccc(C(=O)NC2CCC(O)CC2)cc1O[C@@H](C)c1ccccc1. The summed E-state index contributed by atoms with van der Waals surface area (Å²) in [6.45, 7) is 3.36. The lowest BCUT2D eigenvalue weighted by atomic mass is 9.93. The summed E-state index contributed by atoms with van der Waals surface area (Å²) in [7, 11) is 0. The molecule has 0 saturated heterocycles. The van der Waals surface area contributed by atoms with Gasteiger partial charge in [-0.05, 0) is 56.4 Å². The van der Waals surface area contributed by atoms with Crippen molar-refractivity contribution in [3.8, 4) is 5.75 Å². The summed E-state index contributed by atoms with van der Waals surface area (Å²) in [5.74, 6) is 0.0569. The minimum absolute atomic E-state index is 0.0635. The summed E-state index contributed by atoms with van der Waals surface area (Å²) >= 11 is 0. The number of ether oxygens (including phenoxy) is 1. The van der Waals surface area contributed by atoms with E-state index in [1.165, 1.54) is 6.92 Å². The molecule has 1 aliphatic carbocycles. The highest BCUT2D eigenvalue weighted by Crippen LogP contribution is 2.31. The van der Waals surface area contributed by atoms with Crippen LogP contribution in [0.25, 0.3) is 0 Å². The number of amides is 2. The zero-order chi connectivity index (χ0) is 20.8. The summed E-state index contributed by atoms with van der Waals surface area (Å²) in [4.78, 5) is 24.3. The second kappa shape index (κ2) is 9.56. The first-order chi connectivity index (χ1) is 13.9. The van der Waals surface area contributed by atoms with Crippen LogP contribution in [0.5, 0.6) is 5.75 Å². The van der Waals surface area contributed by atoms with Gasteiger partial charge in [0.15, 0.2) is 0 Å². The Morgan fingerprint density at radius 1 is 1.07 bits per heavy atom. The maximum atomic E-state index is 12.7. The Morgan fingerprint density at radius 2 is 1.76 bits per heavy atom. The van der Waals surface area contributed by atoms with Crippen molar-refractivity contribution in [3.05, 3.63) is 59.7 Å². The smallest absolute Gasteiger partial charge is 0.251 e. The number of anilines is 1. The van der Waals surface area contributed by atoms with Gasteiger partial charge < -0.3 is 20.5 Å². The molecule has 2 aromatic carbocycles. The van der Waals surface area contributed by atoms with Crippen molar-refractivity contribution in [3.63, 3.8) is 0 Å². The number of carbonyl (C=O) groups excluding carboxylic acids is 2. The molecule has 3 rings (SSSR count). The van der Waals surface area contributed by atoms with Crippen LogP contribution in [0.4, 0.5) is 5.69 Å². The molecule has 0 unspecified atom stereocenters. The summed E-state index contributed by atoms with van der Waals surface area (Å²) in [5.41, 5.74) is 2.00. The van der Waals surface area contributed by atoms with Crippen molar-refractivity contribution >= 4 is 17.5 Å². The number of rotatable bonds is 6. The van der Waals surface area contributed by atoms with E-state index in [9.17, 15) is 14.7 Å². The number of carbonyl (C=O) groups is 2. The lowest BCUT2D eigenvalue weighted by Gasteiger charge is -2.26. The number of aliphatic hydroxyl groups is 1. The predicted molar refractivity (Wildman–Crippen MR) is 112 cm³/mol. The molecular weight excluding hydrogens is 368 g/mol. The van der Waals surface area contributed by atoms with E-state index in [2.05, 4.69) is 10.6 Å². The van der Waals surface area contributed by atoms with Crippen LogP contribution >= 0.6 is 0 Å². The molecule has 154 valence electrons. The van der Waals surface area contributed by atoms with E-state index in [4.69, 9.17) is 4.74 Å². The van der Waals surface area contributed by atoms with Gasteiger partial charge in [-0.15, -0.1) is 0 Å². The van der Waals surface area contributed by atoms with Crippen LogP contribution in [-0.2, 0) is 4.79 Å². The lowest BCUT2D eigenvalue weighted by molar-refractivity contribution is -0.114. The van der Waals surface area contributed by atoms with E-state index in [0.717, 1.165) is 18.4 Å². The number of hydrogen-bond donors (Lipinski definition) is 3. The van der Waals surface area contributed by atoms with Gasteiger partial charge in [-0.25, -0.2) is 0 Å². The standard InChI is InChI=1S/C23H28N2O4/c1-15(17-6-4-3-5-7-17)29-22-14-18(8-13-21(22)24-16(2)26)23(28)25-19-9-11-20(27)12-10-19/h3-8,13-15,19-20,27H,9-12H2,1-2H3,(H,24,26)(H,25,28)/t15-,19?,20?/m0/s1. The molecule has 1 fully saturated rings. The number of benzene rings is 2. The second-order valence-corrected chi connectivity index (χ2v) is 7.54. The van der Waals surface area contributed by atoms with E-state index in [1.54, 1.807) is 18.2 Å². The Bertz CT molecular complexity index is 845. The van der Waals surface area contributed by atoms with E-state index in [0.29, 0.717) is 29.8 Å². The van der Waals surface area contributed by atoms with E-state index in [-0.39, 0.29) is 30.1 Å². The van der Waals surface area contributed by atoms with Gasteiger partial charge >= 0.3 is 0 Å². The van der Waals surface area contributed by atoms with Crippen molar-refractivity contribution in [1.29, 1.82) is 0 Å². The summed E-state index contributed by atoms with van der Waals surface area (Å²) in [5, 5.41) is 15.4. The molecule has 1 saturated carbocycles. The minimum atomic E-state index is -0.264. The van der Waals surface area contributed by atoms with Crippen molar-refractivity contribution in [2.75, 3.05) is 5.32 Å². The average Bonchev–Trinajstić information content (AvgIpc) is 2.71. The Labute approximate surface area is 171 Å². The van der Waals surface area contributed by atoms with Crippen LogP contribution in [0.3, 0.4) is 0 Å². The molecule has 0 aromatic heterocycles. The van der Waals surface area contributed by atoms with Crippen LogP contribution in [-0.4, -0.2) is 29.1 Å². The van der Waals surface area contributed by atoms with Gasteiger partial charge in [-0.2, -0.15) is 0 Å². The molecule has 0 bridgehead atoms. The van der Waals surface area contributed by atoms with E-state index in [1.807, 2.05) is 37.3 Å². The predicted octanol–water partition coefficient (Wildman–Crippen LogP) is 3.82. The quantitative estimate of drug-likeness (QED) is 0.693. The number of nitrogens with one attached hydrogen (secondary N) is 2. The Hall–Kier alpha value is -2.86. The van der Waals surface area contributed by atoms with Crippen LogP contribution in [0.2, 0.25) is 0 Å². The molecule has 2 amide bonds. The van der Waals surface area contributed by atoms with Gasteiger partial charge in [0.05, 0.1) is 11.8 Å². The van der Waals surface area contributed by atoms with Gasteiger partial charge in [0.1, 0.15) is 11.9 Å². The van der Waals surface area contributed by atoms with Crippen LogP contribution in [0.1, 0.15) is 61.6 Å². The van der Waals surface area contributed by atoms with Gasteiger partial charge in [0.2, 0.25) is 5.91 Å². The summed E-state index contributed by atoms with van der Waals surface area (Å²) in [6, 6.07) is 14.9. The van der Waals surface area contributed by atoms with Crippen LogP contribution in [0.15, 0.2) is 48.5 Å². The largest absolute Gasteiger partial charge is 0.484 e. The third kappa shape index (κ3) is 5.81. The zero-order valence-electron chi connectivity index (χ0n) is 16.9. The first kappa shape index (κ1) is 20.9. The fourth-order valence-electron chi connectivity index (χ4n) is 3.53. The van der Waals surface area contributed by atoms with E-state index < -0.39 is 0 Å². The molecule has 3 N–H and O–H groups in total. The maximum absolute atomic E-state index is 12.7. The average molecular weight is 396 g/mol. The second-order valence-electron chi connectivity index (χ2n) is 7.54. The lowest BCUT2D eigenvalue weighted by Crippen LogP contribution is -2.38. The maximum Gasteiger partial charge on any atom is 0.251 e. The Balaban J connectivity index is 1.77. The first-order valence-electron chi connectivity index (χ1n) is 10.0. The topological polar surface area (TPSA) is 87.7 Å². The fraction of sp³-hybridized carbons (Fsp3) is 0.391. The highest BCUT2D eigenvalue weighted by atomic mass is 16.5. The van der Waals surface area contributed by atoms with Gasteiger partial charge in [0, 0.05) is 18.5 Å². The third-order valence-electron chi connectivity index (χ3n) is 5.16. The van der Waals surface area contributed by atoms with Crippen molar-refractivity contribution in [2.24, 2.45) is 0 Å².